The van der Waals surface area contributed by atoms with E-state index in [9.17, 15) is 9.65 Å². The van der Waals surface area contributed by atoms with Crippen molar-refractivity contribution in [2.24, 2.45) is 0 Å². The molecule has 0 fully saturated rings. The molecule has 0 radical (unpaired) electrons. The van der Waals surface area contributed by atoms with Crippen molar-refractivity contribution in [1.29, 1.82) is 5.26 Å². The molecule has 4 nitrogen and oxygen atoms in total. The van der Waals surface area contributed by atoms with E-state index in [4.69, 9.17) is 0 Å². The van der Waals surface area contributed by atoms with E-state index in [0.717, 1.165) is 33.5 Å². The van der Waals surface area contributed by atoms with Crippen molar-refractivity contribution in [1.82, 2.24) is 14.5 Å². The first kappa shape index (κ1) is 19.2. The second-order valence-corrected chi connectivity index (χ2v) is 7.95. The predicted octanol–water partition coefficient (Wildman–Crippen LogP) is 6.24. The largest absolute Gasteiger partial charge is 0.337 e. The molecule has 29 heavy (non-hydrogen) atoms. The topological polar surface area (TPSA) is 57.4 Å². The van der Waals surface area contributed by atoms with Gasteiger partial charge >= 0.3 is 0 Å². The molecule has 0 bridgehead atoms. The van der Waals surface area contributed by atoms with Gasteiger partial charge in [-0.25, -0.2) is 9.37 Å². The highest BCUT2D eigenvalue weighted by atomic mass is 79.9. The molecular formula is C23H18BrFN4. The fraction of sp³-hybridized carbons (Fsp3) is 0.130. The minimum absolute atomic E-state index is 0.315. The Labute approximate surface area is 176 Å². The third kappa shape index (κ3) is 3.50. The van der Waals surface area contributed by atoms with Gasteiger partial charge in [-0.15, -0.1) is 0 Å². The van der Waals surface area contributed by atoms with Crippen LogP contribution in [0.4, 0.5) is 4.39 Å². The smallest absolute Gasteiger partial charge is 0.149 e. The third-order valence-electron chi connectivity index (χ3n) is 4.93. The summed E-state index contributed by atoms with van der Waals surface area (Å²) in [5.74, 6) is 0.206. The van der Waals surface area contributed by atoms with Crippen molar-refractivity contribution in [3.05, 3.63) is 81.1 Å². The number of nitrogens with one attached hydrogen (secondary N) is 1. The zero-order chi connectivity index (χ0) is 20.7. The van der Waals surface area contributed by atoms with Gasteiger partial charge in [0.15, 0.2) is 0 Å². The van der Waals surface area contributed by atoms with Gasteiger partial charge in [0, 0.05) is 15.9 Å². The first-order valence-corrected chi connectivity index (χ1v) is 9.89. The Hall–Kier alpha value is -3.17. The number of benzene rings is 2. The molecule has 0 spiro atoms. The molecule has 4 aromatic rings. The molecule has 2 heterocycles. The van der Waals surface area contributed by atoms with Gasteiger partial charge in [-0.2, -0.15) is 5.26 Å². The molecule has 0 amide bonds. The number of aromatic nitrogens is 3. The molecular weight excluding hydrogens is 431 g/mol. The zero-order valence-electron chi connectivity index (χ0n) is 16.2. The maximum Gasteiger partial charge on any atom is 0.149 e. The Morgan fingerprint density at radius 3 is 2.69 bits per heavy atom. The monoisotopic (exact) mass is 448 g/mol. The highest BCUT2D eigenvalue weighted by Crippen LogP contribution is 2.28. The molecule has 144 valence electrons. The predicted molar refractivity (Wildman–Crippen MR) is 117 cm³/mol. The summed E-state index contributed by atoms with van der Waals surface area (Å²) < 4.78 is 17.1. The van der Waals surface area contributed by atoms with Crippen molar-refractivity contribution in [3.63, 3.8) is 0 Å². The maximum atomic E-state index is 14.5. The molecule has 0 aliphatic rings. The third-order valence-corrected chi connectivity index (χ3v) is 5.43. The van der Waals surface area contributed by atoms with Gasteiger partial charge < -0.3 is 9.55 Å². The second-order valence-electron chi connectivity index (χ2n) is 7.03. The highest BCUT2D eigenvalue weighted by molar-refractivity contribution is 9.10. The summed E-state index contributed by atoms with van der Waals surface area (Å²) in [6.45, 7) is 5.84. The van der Waals surface area contributed by atoms with Crippen LogP contribution in [-0.2, 0) is 0 Å². The summed E-state index contributed by atoms with van der Waals surface area (Å²) in [5.41, 5.74) is 6.30. The van der Waals surface area contributed by atoms with Crippen molar-refractivity contribution >= 4 is 38.6 Å². The Bertz CT molecular complexity index is 1320. The van der Waals surface area contributed by atoms with Crippen LogP contribution < -0.4 is 0 Å². The van der Waals surface area contributed by atoms with Crippen LogP contribution in [-0.4, -0.2) is 14.5 Å². The molecule has 2 aromatic heterocycles. The number of rotatable bonds is 3. The lowest BCUT2D eigenvalue weighted by Gasteiger charge is -2.11. The van der Waals surface area contributed by atoms with Crippen LogP contribution in [0.15, 0.2) is 46.9 Å². The van der Waals surface area contributed by atoms with Gasteiger partial charge in [-0.3, -0.25) is 0 Å². The summed E-state index contributed by atoms with van der Waals surface area (Å²) in [5, 5.41) is 9.73. The number of aromatic amines is 1. The Kier molecular flexibility index (Phi) is 4.85. The van der Waals surface area contributed by atoms with E-state index >= 15 is 0 Å². The average Bonchev–Trinajstić information content (AvgIpc) is 3.20. The van der Waals surface area contributed by atoms with Crippen molar-refractivity contribution < 1.29 is 4.39 Å². The van der Waals surface area contributed by atoms with Gasteiger partial charge in [0.05, 0.1) is 22.3 Å². The van der Waals surface area contributed by atoms with E-state index in [-0.39, 0.29) is 5.82 Å². The highest BCUT2D eigenvalue weighted by Gasteiger charge is 2.15. The maximum absolute atomic E-state index is 14.5. The minimum Gasteiger partial charge on any atom is -0.337 e. The lowest BCUT2D eigenvalue weighted by molar-refractivity contribution is 0.615. The van der Waals surface area contributed by atoms with Crippen LogP contribution in [0.5, 0.6) is 0 Å². The minimum atomic E-state index is -0.315. The molecule has 0 aliphatic carbocycles. The molecule has 6 heteroatoms. The summed E-state index contributed by atoms with van der Waals surface area (Å²) in [7, 11) is 0. The van der Waals surface area contributed by atoms with Gasteiger partial charge in [0.2, 0.25) is 0 Å². The second kappa shape index (κ2) is 7.34. The summed E-state index contributed by atoms with van der Waals surface area (Å²) in [6.07, 6.45) is 1.79. The lowest BCUT2D eigenvalue weighted by atomic mass is 10.1. The van der Waals surface area contributed by atoms with Gasteiger partial charge in [-0.1, -0.05) is 22.0 Å². The van der Waals surface area contributed by atoms with E-state index in [2.05, 4.69) is 32.0 Å². The molecule has 0 saturated heterocycles. The van der Waals surface area contributed by atoms with Gasteiger partial charge in [0.1, 0.15) is 17.7 Å². The molecule has 1 N–H and O–H groups in total. The number of nitriles is 1. The summed E-state index contributed by atoms with van der Waals surface area (Å²) in [4.78, 5) is 7.77. The fourth-order valence-electron chi connectivity index (χ4n) is 3.53. The molecule has 0 saturated carbocycles. The number of hydrogen-bond donors (Lipinski definition) is 1. The van der Waals surface area contributed by atoms with E-state index in [1.807, 2.05) is 55.7 Å². The quantitative estimate of drug-likeness (QED) is 0.376. The molecule has 4 rings (SSSR count). The van der Waals surface area contributed by atoms with E-state index in [1.54, 1.807) is 12.1 Å². The molecule has 0 aliphatic heterocycles. The SMILES string of the molecule is Cc1ccc2nc(/C(C#N)=C\c3cc(C)n(-c4ccc(Br)cc4F)c3C)[nH]c2c1. The standard InChI is InChI=1S/C23H18BrFN4/c1-13-4-6-20-21(8-13)28-23(27-20)17(12-26)10-16-9-14(2)29(15(16)3)22-7-5-18(24)11-19(22)25/h4-11H,1-3H3,(H,27,28)/b17-10-. The number of H-pyrrole nitrogens is 1. The molecule has 0 atom stereocenters. The first-order valence-electron chi connectivity index (χ1n) is 9.10. The summed E-state index contributed by atoms with van der Waals surface area (Å²) in [6, 6.07) is 15.1. The van der Waals surface area contributed by atoms with Crippen LogP contribution in [0, 0.1) is 37.9 Å². The van der Waals surface area contributed by atoms with E-state index in [1.165, 1.54) is 6.07 Å². The number of allylic oxidation sites excluding steroid dienone is 1. The number of imidazole rings is 1. The number of aryl methyl sites for hydroxylation is 2. The van der Waals surface area contributed by atoms with E-state index < -0.39 is 0 Å². The first-order chi connectivity index (χ1) is 13.9. The molecule has 2 aromatic carbocycles. The number of hydrogen-bond acceptors (Lipinski definition) is 2. The van der Waals surface area contributed by atoms with Gasteiger partial charge in [0.25, 0.3) is 0 Å². The van der Waals surface area contributed by atoms with Crippen molar-refractivity contribution in [3.8, 4) is 11.8 Å². The van der Waals surface area contributed by atoms with Crippen LogP contribution in [0.1, 0.15) is 28.3 Å². The number of fused-ring (bicyclic) bond motifs is 1. The zero-order valence-corrected chi connectivity index (χ0v) is 17.8. The lowest BCUT2D eigenvalue weighted by Crippen LogP contribution is -2.02. The summed E-state index contributed by atoms with van der Waals surface area (Å²) >= 11 is 3.29. The Balaban J connectivity index is 1.81. The fourth-order valence-corrected chi connectivity index (χ4v) is 3.86. The molecule has 0 unspecified atom stereocenters. The number of nitrogens with zero attached hydrogens (tertiary/aromatic N) is 3. The Morgan fingerprint density at radius 1 is 1.17 bits per heavy atom. The van der Waals surface area contributed by atoms with Crippen LogP contribution in [0.25, 0.3) is 28.4 Å². The van der Waals surface area contributed by atoms with Crippen LogP contribution in [0.2, 0.25) is 0 Å². The average molecular weight is 449 g/mol. The Morgan fingerprint density at radius 2 is 1.97 bits per heavy atom. The van der Waals surface area contributed by atoms with Crippen molar-refractivity contribution in [2.75, 3.05) is 0 Å². The normalized spacial score (nSPS) is 11.8. The van der Waals surface area contributed by atoms with Gasteiger partial charge in [-0.05, 0) is 74.4 Å². The number of halogens is 2. The van der Waals surface area contributed by atoms with Crippen molar-refractivity contribution in [2.45, 2.75) is 20.8 Å². The van der Waals surface area contributed by atoms with Crippen LogP contribution >= 0.6 is 15.9 Å². The van der Waals surface area contributed by atoms with E-state index in [0.29, 0.717) is 21.6 Å². The van der Waals surface area contributed by atoms with Crippen LogP contribution in [0.3, 0.4) is 0 Å².